The summed E-state index contributed by atoms with van der Waals surface area (Å²) in [5, 5.41) is 0. The number of hydrogen-bond donors (Lipinski definition) is 1. The fraction of sp³-hybridized carbons (Fsp3) is 1.00. The molecule has 2 rings (SSSR count). The molecule has 0 amide bonds. The summed E-state index contributed by atoms with van der Waals surface area (Å²) in [6.45, 7) is 13.1. The zero-order valence-corrected chi connectivity index (χ0v) is 13.4. The average molecular weight is 268 g/mol. The SMILES string of the molecule is CCOC1CC(N)(CN2C(C)CCCC2C)C1(C)C. The molecule has 0 bridgehead atoms. The first-order chi connectivity index (χ1) is 8.82. The Morgan fingerprint density at radius 3 is 2.26 bits per heavy atom. The smallest absolute Gasteiger partial charge is 0.0662 e. The van der Waals surface area contributed by atoms with Crippen LogP contribution in [0.15, 0.2) is 0 Å². The molecular weight excluding hydrogens is 236 g/mol. The lowest BCUT2D eigenvalue weighted by atomic mass is 9.54. The summed E-state index contributed by atoms with van der Waals surface area (Å²) in [5.41, 5.74) is 6.73. The molecule has 0 aromatic carbocycles. The van der Waals surface area contributed by atoms with Crippen molar-refractivity contribution in [2.24, 2.45) is 11.1 Å². The summed E-state index contributed by atoms with van der Waals surface area (Å²) in [6, 6.07) is 1.34. The molecule has 4 unspecified atom stereocenters. The normalized spacial score (nSPS) is 42.9. The van der Waals surface area contributed by atoms with Crippen LogP contribution in [0.4, 0.5) is 0 Å². The Morgan fingerprint density at radius 2 is 1.79 bits per heavy atom. The van der Waals surface area contributed by atoms with E-state index in [4.69, 9.17) is 10.5 Å². The van der Waals surface area contributed by atoms with Crippen LogP contribution in [-0.4, -0.2) is 41.8 Å². The average Bonchev–Trinajstić information content (AvgIpc) is 2.34. The van der Waals surface area contributed by atoms with E-state index in [9.17, 15) is 0 Å². The van der Waals surface area contributed by atoms with Gasteiger partial charge in [-0.3, -0.25) is 4.90 Å². The van der Waals surface area contributed by atoms with E-state index in [1.165, 1.54) is 19.3 Å². The number of nitrogens with zero attached hydrogens (tertiary/aromatic N) is 1. The molecule has 112 valence electrons. The largest absolute Gasteiger partial charge is 0.378 e. The summed E-state index contributed by atoms with van der Waals surface area (Å²) >= 11 is 0. The third-order valence-electron chi connectivity index (χ3n) is 5.85. The summed E-state index contributed by atoms with van der Waals surface area (Å²) in [4.78, 5) is 2.63. The van der Waals surface area contributed by atoms with Crippen LogP contribution < -0.4 is 5.73 Å². The molecule has 0 aromatic rings. The molecule has 2 fully saturated rings. The lowest BCUT2D eigenvalue weighted by Crippen LogP contribution is -2.74. The van der Waals surface area contributed by atoms with E-state index in [2.05, 4.69) is 39.5 Å². The van der Waals surface area contributed by atoms with Gasteiger partial charge in [0.25, 0.3) is 0 Å². The number of rotatable bonds is 4. The van der Waals surface area contributed by atoms with Gasteiger partial charge in [-0.25, -0.2) is 0 Å². The Bertz CT molecular complexity index is 308. The van der Waals surface area contributed by atoms with Crippen LogP contribution in [0.1, 0.15) is 60.3 Å². The molecule has 2 N–H and O–H groups in total. The summed E-state index contributed by atoms with van der Waals surface area (Å²) in [6.07, 6.45) is 5.33. The maximum absolute atomic E-state index is 6.73. The van der Waals surface area contributed by atoms with E-state index in [1.54, 1.807) is 0 Å². The maximum Gasteiger partial charge on any atom is 0.0662 e. The molecule has 1 aliphatic carbocycles. The summed E-state index contributed by atoms with van der Waals surface area (Å²) < 4.78 is 5.83. The first-order valence-corrected chi connectivity index (χ1v) is 7.98. The minimum absolute atomic E-state index is 0.0832. The minimum atomic E-state index is -0.0906. The highest BCUT2D eigenvalue weighted by Gasteiger charge is 2.59. The van der Waals surface area contributed by atoms with Crippen LogP contribution in [0.3, 0.4) is 0 Å². The first kappa shape index (κ1) is 15.3. The van der Waals surface area contributed by atoms with E-state index < -0.39 is 0 Å². The van der Waals surface area contributed by atoms with Gasteiger partial charge in [0, 0.05) is 36.2 Å². The van der Waals surface area contributed by atoms with Crippen molar-refractivity contribution in [3.63, 3.8) is 0 Å². The van der Waals surface area contributed by atoms with Crippen molar-refractivity contribution in [2.75, 3.05) is 13.2 Å². The Kier molecular flexibility index (Phi) is 4.29. The van der Waals surface area contributed by atoms with Crippen molar-refractivity contribution in [2.45, 2.75) is 84.0 Å². The second kappa shape index (κ2) is 5.34. The van der Waals surface area contributed by atoms with Gasteiger partial charge in [-0.1, -0.05) is 20.3 Å². The van der Waals surface area contributed by atoms with Gasteiger partial charge in [0.15, 0.2) is 0 Å². The van der Waals surface area contributed by atoms with Crippen molar-refractivity contribution in [3.05, 3.63) is 0 Å². The zero-order valence-electron chi connectivity index (χ0n) is 13.4. The maximum atomic E-state index is 6.73. The van der Waals surface area contributed by atoms with Gasteiger partial charge in [-0.15, -0.1) is 0 Å². The van der Waals surface area contributed by atoms with E-state index in [0.717, 1.165) is 19.6 Å². The van der Waals surface area contributed by atoms with Crippen molar-refractivity contribution >= 4 is 0 Å². The van der Waals surface area contributed by atoms with Gasteiger partial charge >= 0.3 is 0 Å². The van der Waals surface area contributed by atoms with Crippen molar-refractivity contribution in [1.29, 1.82) is 0 Å². The first-order valence-electron chi connectivity index (χ1n) is 7.98. The van der Waals surface area contributed by atoms with Gasteiger partial charge in [0.05, 0.1) is 6.10 Å². The van der Waals surface area contributed by atoms with Crippen LogP contribution in [0.25, 0.3) is 0 Å². The predicted molar refractivity (Wildman–Crippen MR) is 80.2 cm³/mol. The Balaban J connectivity index is 2.02. The lowest BCUT2D eigenvalue weighted by molar-refractivity contribution is -0.161. The van der Waals surface area contributed by atoms with Crippen molar-refractivity contribution in [1.82, 2.24) is 4.90 Å². The highest BCUT2D eigenvalue weighted by Crippen LogP contribution is 2.50. The quantitative estimate of drug-likeness (QED) is 0.852. The van der Waals surface area contributed by atoms with Crippen molar-refractivity contribution in [3.8, 4) is 0 Å². The molecule has 3 nitrogen and oxygen atoms in total. The van der Waals surface area contributed by atoms with Gasteiger partial charge in [-0.2, -0.15) is 0 Å². The molecule has 2 aliphatic rings. The predicted octanol–water partition coefficient (Wildman–Crippen LogP) is 2.78. The van der Waals surface area contributed by atoms with Crippen LogP contribution in [0.5, 0.6) is 0 Å². The lowest BCUT2D eigenvalue weighted by Gasteiger charge is -2.61. The number of nitrogens with two attached hydrogens (primary N) is 1. The molecule has 3 heteroatoms. The molecule has 1 saturated heterocycles. The molecule has 1 heterocycles. The third-order valence-corrected chi connectivity index (χ3v) is 5.85. The van der Waals surface area contributed by atoms with E-state index in [-0.39, 0.29) is 11.0 Å². The van der Waals surface area contributed by atoms with Crippen LogP contribution in [-0.2, 0) is 4.74 Å². The van der Waals surface area contributed by atoms with Gasteiger partial charge in [0.2, 0.25) is 0 Å². The minimum Gasteiger partial charge on any atom is -0.378 e. The molecule has 1 saturated carbocycles. The molecule has 1 aliphatic heterocycles. The number of piperidine rings is 1. The Hall–Kier alpha value is -0.120. The molecule has 0 radical (unpaired) electrons. The van der Waals surface area contributed by atoms with E-state index in [0.29, 0.717) is 18.2 Å². The monoisotopic (exact) mass is 268 g/mol. The molecule has 0 spiro atoms. The van der Waals surface area contributed by atoms with Crippen LogP contribution >= 0.6 is 0 Å². The Morgan fingerprint density at radius 1 is 1.21 bits per heavy atom. The summed E-state index contributed by atoms with van der Waals surface area (Å²) in [7, 11) is 0. The second-order valence-electron chi connectivity index (χ2n) is 7.33. The summed E-state index contributed by atoms with van der Waals surface area (Å²) in [5.74, 6) is 0. The molecule has 19 heavy (non-hydrogen) atoms. The van der Waals surface area contributed by atoms with E-state index >= 15 is 0 Å². The number of hydrogen-bond acceptors (Lipinski definition) is 3. The highest BCUT2D eigenvalue weighted by molar-refractivity contribution is 5.15. The third kappa shape index (κ3) is 2.57. The number of likely N-dealkylation sites (tertiary alicyclic amines) is 1. The topological polar surface area (TPSA) is 38.5 Å². The number of ether oxygens (including phenoxy) is 1. The second-order valence-corrected chi connectivity index (χ2v) is 7.33. The van der Waals surface area contributed by atoms with E-state index in [1.807, 2.05) is 0 Å². The fourth-order valence-electron chi connectivity index (χ4n) is 3.89. The standard InChI is InChI=1S/C16H32N2O/c1-6-19-14-10-16(17,15(14,4)5)11-18-12(2)8-7-9-13(18)3/h12-14H,6-11,17H2,1-5H3. The zero-order chi connectivity index (χ0) is 14.3. The Labute approximate surface area is 118 Å². The molecule has 4 atom stereocenters. The van der Waals surface area contributed by atoms with Gasteiger partial charge < -0.3 is 10.5 Å². The van der Waals surface area contributed by atoms with Gasteiger partial charge in [-0.05, 0) is 40.0 Å². The molecular formula is C16H32N2O. The van der Waals surface area contributed by atoms with Crippen molar-refractivity contribution < 1.29 is 4.74 Å². The van der Waals surface area contributed by atoms with Gasteiger partial charge in [0.1, 0.15) is 0 Å². The molecule has 0 aromatic heterocycles. The van der Waals surface area contributed by atoms with Crippen LogP contribution in [0, 0.1) is 5.41 Å². The van der Waals surface area contributed by atoms with Crippen LogP contribution in [0.2, 0.25) is 0 Å². The highest BCUT2D eigenvalue weighted by atomic mass is 16.5. The fourth-order valence-corrected chi connectivity index (χ4v) is 3.89.